The zero-order chi connectivity index (χ0) is 24.4. The molecule has 2 aromatic heterocycles. The highest BCUT2D eigenvalue weighted by Crippen LogP contribution is 2.27. The van der Waals surface area contributed by atoms with Gasteiger partial charge in [-0.15, -0.1) is 10.2 Å². The molecule has 4 aromatic rings. The number of amides is 3. The van der Waals surface area contributed by atoms with E-state index < -0.39 is 0 Å². The molecule has 0 spiro atoms. The van der Waals surface area contributed by atoms with Crippen LogP contribution in [0.2, 0.25) is 0 Å². The topological polar surface area (TPSA) is 110 Å². The van der Waals surface area contributed by atoms with E-state index in [0.717, 1.165) is 16.0 Å². The molecule has 0 bridgehead atoms. The van der Waals surface area contributed by atoms with Gasteiger partial charge in [-0.25, -0.2) is 0 Å². The number of aromatic nitrogens is 4. The number of carbonyl (C=O) groups is 3. The average Bonchev–Trinajstić information content (AvgIpc) is 3.38. The Morgan fingerprint density at radius 2 is 1.77 bits per heavy atom. The maximum Gasteiger partial charge on any atom is 0.261 e. The Labute approximate surface area is 205 Å². The number of rotatable bonds is 7. The number of hydrogen-bond acceptors (Lipinski definition) is 7. The molecule has 1 N–H and O–H groups in total. The van der Waals surface area contributed by atoms with Crippen LogP contribution in [0.25, 0.3) is 11.4 Å². The van der Waals surface area contributed by atoms with Crippen LogP contribution in [0.3, 0.4) is 0 Å². The summed E-state index contributed by atoms with van der Waals surface area (Å²) in [4.78, 5) is 42.2. The maximum absolute atomic E-state index is 12.7. The van der Waals surface area contributed by atoms with Gasteiger partial charge >= 0.3 is 0 Å². The van der Waals surface area contributed by atoms with Gasteiger partial charge in [-0.3, -0.25) is 28.8 Å². The lowest BCUT2D eigenvalue weighted by Gasteiger charge is -2.11. The second kappa shape index (κ2) is 9.51. The van der Waals surface area contributed by atoms with Crippen molar-refractivity contribution in [2.45, 2.75) is 11.7 Å². The summed E-state index contributed by atoms with van der Waals surface area (Å²) in [7, 11) is 1.44. The summed E-state index contributed by atoms with van der Waals surface area (Å²) in [5, 5.41) is 12.1. The third kappa shape index (κ3) is 4.56. The molecule has 5 rings (SSSR count). The van der Waals surface area contributed by atoms with Crippen LogP contribution in [0, 0.1) is 0 Å². The average molecular weight is 485 g/mol. The van der Waals surface area contributed by atoms with E-state index in [4.69, 9.17) is 0 Å². The predicted octanol–water partition coefficient (Wildman–Crippen LogP) is 3.35. The molecule has 35 heavy (non-hydrogen) atoms. The molecule has 10 heteroatoms. The van der Waals surface area contributed by atoms with E-state index in [1.165, 1.54) is 24.9 Å². The fraction of sp³-hybridized carbons (Fsp3) is 0.120. The molecule has 1 aliphatic heterocycles. The van der Waals surface area contributed by atoms with E-state index in [9.17, 15) is 14.4 Å². The highest BCUT2D eigenvalue weighted by atomic mass is 32.2. The standard InChI is InChI=1S/C25H20N6O3S/c1-30-23(33)19-10-9-18(12-20(19)24(30)34)27-21(32)15-35-25-29-28-22(17-8-5-11-26-13-17)31(25)14-16-6-3-2-4-7-16/h2-13H,14-15H2,1H3,(H,27,32). The summed E-state index contributed by atoms with van der Waals surface area (Å²) in [5.74, 6) is -0.245. The molecule has 0 atom stereocenters. The van der Waals surface area contributed by atoms with Crippen molar-refractivity contribution in [1.82, 2.24) is 24.6 Å². The van der Waals surface area contributed by atoms with Crippen LogP contribution in [-0.2, 0) is 11.3 Å². The first-order valence-corrected chi connectivity index (χ1v) is 11.8. The lowest BCUT2D eigenvalue weighted by Crippen LogP contribution is -2.24. The van der Waals surface area contributed by atoms with Crippen molar-refractivity contribution in [2.75, 3.05) is 18.1 Å². The number of nitrogens with one attached hydrogen (secondary N) is 1. The maximum atomic E-state index is 12.7. The largest absolute Gasteiger partial charge is 0.325 e. The van der Waals surface area contributed by atoms with Gasteiger partial charge in [0, 0.05) is 30.7 Å². The molecule has 174 valence electrons. The number of thioether (sulfide) groups is 1. The Morgan fingerprint density at radius 3 is 2.54 bits per heavy atom. The summed E-state index contributed by atoms with van der Waals surface area (Å²) in [6.45, 7) is 0.538. The molecule has 3 amide bonds. The molecule has 9 nitrogen and oxygen atoms in total. The van der Waals surface area contributed by atoms with Crippen molar-refractivity contribution in [2.24, 2.45) is 0 Å². The SMILES string of the molecule is CN1C(=O)c2ccc(NC(=O)CSc3nnc(-c4cccnc4)n3Cc3ccccc3)cc2C1=O. The fourth-order valence-electron chi connectivity index (χ4n) is 3.78. The molecule has 1 aliphatic rings. The van der Waals surface area contributed by atoms with Crippen molar-refractivity contribution in [1.29, 1.82) is 0 Å². The normalized spacial score (nSPS) is 12.7. The number of nitrogens with zero attached hydrogens (tertiary/aromatic N) is 5. The minimum Gasteiger partial charge on any atom is -0.325 e. The smallest absolute Gasteiger partial charge is 0.261 e. The van der Waals surface area contributed by atoms with E-state index in [1.54, 1.807) is 24.5 Å². The number of benzene rings is 2. The number of hydrogen-bond donors (Lipinski definition) is 1. The van der Waals surface area contributed by atoms with Crippen LogP contribution >= 0.6 is 11.8 Å². The Kier molecular flexibility index (Phi) is 6.11. The zero-order valence-corrected chi connectivity index (χ0v) is 19.5. The van der Waals surface area contributed by atoms with Crippen LogP contribution < -0.4 is 5.32 Å². The van der Waals surface area contributed by atoms with Crippen molar-refractivity contribution >= 4 is 35.2 Å². The van der Waals surface area contributed by atoms with Gasteiger partial charge in [0.15, 0.2) is 11.0 Å². The van der Waals surface area contributed by atoms with Crippen molar-refractivity contribution in [3.8, 4) is 11.4 Å². The molecule has 3 heterocycles. The molecule has 0 saturated heterocycles. The van der Waals surface area contributed by atoms with E-state index >= 15 is 0 Å². The Morgan fingerprint density at radius 1 is 0.971 bits per heavy atom. The lowest BCUT2D eigenvalue weighted by atomic mass is 10.1. The van der Waals surface area contributed by atoms with E-state index in [2.05, 4.69) is 20.5 Å². The number of carbonyl (C=O) groups excluding carboxylic acids is 3. The van der Waals surface area contributed by atoms with Crippen LogP contribution in [-0.4, -0.2) is 55.2 Å². The van der Waals surface area contributed by atoms with Crippen molar-refractivity contribution in [3.63, 3.8) is 0 Å². The molecule has 2 aromatic carbocycles. The highest BCUT2D eigenvalue weighted by molar-refractivity contribution is 7.99. The second-order valence-corrected chi connectivity index (χ2v) is 8.83. The van der Waals surface area contributed by atoms with Gasteiger partial charge in [-0.05, 0) is 35.9 Å². The third-order valence-electron chi connectivity index (χ3n) is 5.53. The zero-order valence-electron chi connectivity index (χ0n) is 18.7. The number of imide groups is 1. The number of fused-ring (bicyclic) bond motifs is 1. The summed E-state index contributed by atoms with van der Waals surface area (Å²) in [5.41, 5.74) is 2.97. The summed E-state index contributed by atoms with van der Waals surface area (Å²) in [6.07, 6.45) is 3.42. The van der Waals surface area contributed by atoms with E-state index in [1.807, 2.05) is 47.0 Å². The Hall–Kier alpha value is -4.31. The van der Waals surface area contributed by atoms with E-state index in [-0.39, 0.29) is 29.0 Å². The number of anilines is 1. The first kappa shape index (κ1) is 22.5. The monoisotopic (exact) mass is 484 g/mol. The fourth-order valence-corrected chi connectivity index (χ4v) is 4.52. The van der Waals surface area contributed by atoms with Gasteiger partial charge in [0.2, 0.25) is 5.91 Å². The van der Waals surface area contributed by atoms with Crippen LogP contribution in [0.15, 0.2) is 78.2 Å². The quantitative estimate of drug-likeness (QED) is 0.316. The summed E-state index contributed by atoms with van der Waals surface area (Å²) >= 11 is 1.26. The minimum atomic E-state index is -0.382. The first-order valence-electron chi connectivity index (χ1n) is 10.8. The Bertz CT molecular complexity index is 1420. The molecule has 0 aliphatic carbocycles. The van der Waals surface area contributed by atoms with Crippen LogP contribution in [0.1, 0.15) is 26.3 Å². The first-order chi connectivity index (χ1) is 17.0. The molecule has 0 fully saturated rings. The van der Waals surface area contributed by atoms with Crippen molar-refractivity contribution in [3.05, 3.63) is 89.7 Å². The van der Waals surface area contributed by atoms with Crippen LogP contribution in [0.4, 0.5) is 5.69 Å². The van der Waals surface area contributed by atoms with Gasteiger partial charge in [-0.1, -0.05) is 42.1 Å². The van der Waals surface area contributed by atoms with Gasteiger partial charge in [-0.2, -0.15) is 0 Å². The van der Waals surface area contributed by atoms with E-state index in [0.29, 0.717) is 28.8 Å². The molecule has 0 saturated carbocycles. The van der Waals surface area contributed by atoms with Gasteiger partial charge in [0.25, 0.3) is 11.8 Å². The Balaban J connectivity index is 1.32. The predicted molar refractivity (Wildman–Crippen MR) is 131 cm³/mol. The summed E-state index contributed by atoms with van der Waals surface area (Å²) < 4.78 is 1.96. The van der Waals surface area contributed by atoms with Crippen LogP contribution in [0.5, 0.6) is 0 Å². The third-order valence-corrected chi connectivity index (χ3v) is 6.49. The van der Waals surface area contributed by atoms with Gasteiger partial charge in [0.1, 0.15) is 0 Å². The lowest BCUT2D eigenvalue weighted by molar-refractivity contribution is -0.113. The molecule has 0 unspecified atom stereocenters. The highest BCUT2D eigenvalue weighted by Gasteiger charge is 2.32. The van der Waals surface area contributed by atoms with Gasteiger partial charge in [0.05, 0.1) is 23.4 Å². The summed E-state index contributed by atoms with van der Waals surface area (Å²) in [6, 6.07) is 18.4. The molecular formula is C25H20N6O3S. The molecular weight excluding hydrogens is 464 g/mol. The van der Waals surface area contributed by atoms with Crippen molar-refractivity contribution < 1.29 is 14.4 Å². The van der Waals surface area contributed by atoms with Gasteiger partial charge < -0.3 is 5.32 Å². The second-order valence-electron chi connectivity index (χ2n) is 7.89. The minimum absolute atomic E-state index is 0.0871. The molecule has 0 radical (unpaired) electrons. The number of pyridine rings is 1.